The summed E-state index contributed by atoms with van der Waals surface area (Å²) < 4.78 is 5.42. The number of anilines is 1. The number of aryl methyl sites for hydroxylation is 1. The lowest BCUT2D eigenvalue weighted by Gasteiger charge is -2.30. The zero-order valence-corrected chi connectivity index (χ0v) is 12.7. The predicted octanol–water partition coefficient (Wildman–Crippen LogP) is 3.13. The van der Waals surface area contributed by atoms with Gasteiger partial charge in [-0.25, -0.2) is 4.98 Å². The van der Waals surface area contributed by atoms with E-state index in [0.29, 0.717) is 5.88 Å². The van der Waals surface area contributed by atoms with Crippen LogP contribution in [0.2, 0.25) is 0 Å². The topological polar surface area (TPSA) is 47.0 Å². The molecule has 0 saturated heterocycles. The van der Waals surface area contributed by atoms with Crippen LogP contribution in [0.25, 0.3) is 0 Å². The molecule has 0 bridgehead atoms. The van der Waals surface area contributed by atoms with Crippen LogP contribution in [-0.2, 0) is 0 Å². The van der Waals surface area contributed by atoms with Gasteiger partial charge in [0.2, 0.25) is 5.88 Å². The number of nitrogens with zero attached hydrogens (tertiary/aromatic N) is 2. The molecule has 0 spiro atoms. The summed E-state index contributed by atoms with van der Waals surface area (Å²) in [6.07, 6.45) is 4.44. The van der Waals surface area contributed by atoms with E-state index in [1.165, 1.54) is 0 Å². The van der Waals surface area contributed by atoms with Crippen LogP contribution in [0.1, 0.15) is 32.5 Å². The first-order chi connectivity index (χ1) is 8.59. The van der Waals surface area contributed by atoms with Crippen LogP contribution in [0.3, 0.4) is 0 Å². The Hall–Kier alpha value is -0.970. The van der Waals surface area contributed by atoms with Gasteiger partial charge in [0.15, 0.2) is 0 Å². The van der Waals surface area contributed by atoms with Crippen molar-refractivity contribution in [3.8, 4) is 5.88 Å². The molecule has 0 unspecified atom stereocenters. The van der Waals surface area contributed by atoms with E-state index in [1.807, 2.05) is 24.8 Å². The summed E-state index contributed by atoms with van der Waals surface area (Å²) in [6.45, 7) is 7.23. The summed E-state index contributed by atoms with van der Waals surface area (Å²) >= 11 is 1.91. The second-order valence-electron chi connectivity index (χ2n) is 4.29. The largest absolute Gasteiger partial charge is 0.481 e. The number of hydrogen-bond donors (Lipinski definition) is 1. The fraction of sp³-hybridized carbons (Fsp3) is 0.692. The third-order valence-corrected chi connectivity index (χ3v) is 4.92. The van der Waals surface area contributed by atoms with Gasteiger partial charge in [0.05, 0.1) is 7.11 Å². The first kappa shape index (κ1) is 15.1. The smallest absolute Gasteiger partial charge is 0.218 e. The lowest BCUT2D eigenvalue weighted by Crippen LogP contribution is -2.32. The minimum Gasteiger partial charge on any atom is -0.481 e. The van der Waals surface area contributed by atoms with Gasteiger partial charge in [0, 0.05) is 17.4 Å². The van der Waals surface area contributed by atoms with Crippen molar-refractivity contribution >= 4 is 17.6 Å². The Morgan fingerprint density at radius 2 is 2.00 bits per heavy atom. The monoisotopic (exact) mass is 269 g/mol. The molecule has 0 atom stereocenters. The predicted molar refractivity (Wildman–Crippen MR) is 78.6 cm³/mol. The summed E-state index contributed by atoms with van der Waals surface area (Å²) in [5.41, 5.74) is 0. The van der Waals surface area contributed by atoms with E-state index in [-0.39, 0.29) is 4.75 Å². The molecule has 4 nitrogen and oxygen atoms in total. The van der Waals surface area contributed by atoms with Crippen LogP contribution < -0.4 is 10.1 Å². The van der Waals surface area contributed by atoms with E-state index in [0.717, 1.165) is 31.0 Å². The first-order valence-corrected chi connectivity index (χ1v) is 7.50. The lowest BCUT2D eigenvalue weighted by molar-refractivity contribution is 0.396. The van der Waals surface area contributed by atoms with Crippen LogP contribution in [0.5, 0.6) is 5.88 Å². The van der Waals surface area contributed by atoms with E-state index < -0.39 is 0 Å². The average Bonchev–Trinajstić information content (AvgIpc) is 2.40. The molecule has 0 fully saturated rings. The third-order valence-electron chi connectivity index (χ3n) is 3.34. The number of hydrogen-bond acceptors (Lipinski definition) is 5. The van der Waals surface area contributed by atoms with Crippen molar-refractivity contribution in [2.24, 2.45) is 0 Å². The van der Waals surface area contributed by atoms with E-state index in [2.05, 4.69) is 35.4 Å². The molecule has 102 valence electrons. The zero-order chi connectivity index (χ0) is 13.6. The SMILES string of the molecule is CCC(CC)(CNc1cc(OC)nc(C)n1)SC. The number of rotatable bonds is 7. The number of methoxy groups -OCH3 is 1. The molecule has 0 radical (unpaired) electrons. The van der Waals surface area contributed by atoms with Crippen molar-refractivity contribution in [2.75, 3.05) is 25.2 Å². The summed E-state index contributed by atoms with van der Waals surface area (Å²) in [4.78, 5) is 8.55. The quantitative estimate of drug-likeness (QED) is 0.824. The Labute approximate surface area is 114 Å². The van der Waals surface area contributed by atoms with Gasteiger partial charge in [0.1, 0.15) is 11.6 Å². The molecule has 0 aromatic carbocycles. The highest BCUT2D eigenvalue weighted by Gasteiger charge is 2.24. The Morgan fingerprint density at radius 3 is 2.50 bits per heavy atom. The van der Waals surface area contributed by atoms with Gasteiger partial charge in [-0.3, -0.25) is 0 Å². The molecule has 18 heavy (non-hydrogen) atoms. The maximum absolute atomic E-state index is 5.15. The highest BCUT2D eigenvalue weighted by Crippen LogP contribution is 2.30. The fourth-order valence-electron chi connectivity index (χ4n) is 1.85. The highest BCUT2D eigenvalue weighted by atomic mass is 32.2. The summed E-state index contributed by atoms with van der Waals surface area (Å²) in [5, 5.41) is 3.40. The molecule has 0 amide bonds. The van der Waals surface area contributed by atoms with Gasteiger partial charge in [-0.05, 0) is 26.0 Å². The van der Waals surface area contributed by atoms with Crippen LogP contribution in [0.15, 0.2) is 6.07 Å². The van der Waals surface area contributed by atoms with Crippen LogP contribution in [0.4, 0.5) is 5.82 Å². The minimum atomic E-state index is 0.270. The van der Waals surface area contributed by atoms with Crippen LogP contribution >= 0.6 is 11.8 Å². The summed E-state index contributed by atoms with van der Waals surface area (Å²) in [7, 11) is 1.62. The summed E-state index contributed by atoms with van der Waals surface area (Å²) in [6, 6.07) is 1.84. The number of aromatic nitrogens is 2. The van der Waals surface area contributed by atoms with E-state index >= 15 is 0 Å². The standard InChI is InChI=1S/C13H23N3OS/c1-6-13(7-2,18-5)9-14-11-8-12(17-4)16-10(3)15-11/h8H,6-7,9H2,1-5H3,(H,14,15,16). The van der Waals surface area contributed by atoms with Gasteiger partial charge in [-0.15, -0.1) is 0 Å². The molecule has 0 aliphatic rings. The molecule has 0 aliphatic heterocycles. The fourth-order valence-corrected chi connectivity index (χ4v) is 2.64. The highest BCUT2D eigenvalue weighted by molar-refractivity contribution is 8.00. The Kier molecular flexibility index (Phi) is 5.72. The lowest BCUT2D eigenvalue weighted by atomic mass is 10.0. The van der Waals surface area contributed by atoms with Crippen molar-refractivity contribution < 1.29 is 4.74 Å². The molecule has 0 saturated carbocycles. The van der Waals surface area contributed by atoms with Crippen molar-refractivity contribution in [3.05, 3.63) is 11.9 Å². The second kappa shape index (κ2) is 6.83. The molecule has 1 heterocycles. The van der Waals surface area contributed by atoms with Crippen molar-refractivity contribution in [3.63, 3.8) is 0 Å². The molecule has 1 N–H and O–H groups in total. The average molecular weight is 269 g/mol. The van der Waals surface area contributed by atoms with Crippen LogP contribution in [0, 0.1) is 6.92 Å². The van der Waals surface area contributed by atoms with Gasteiger partial charge in [0.25, 0.3) is 0 Å². The zero-order valence-electron chi connectivity index (χ0n) is 11.9. The van der Waals surface area contributed by atoms with Crippen molar-refractivity contribution in [1.82, 2.24) is 9.97 Å². The first-order valence-electron chi connectivity index (χ1n) is 6.27. The maximum Gasteiger partial charge on any atom is 0.218 e. The molecule has 1 aromatic rings. The maximum atomic E-state index is 5.15. The van der Waals surface area contributed by atoms with Crippen LogP contribution in [-0.4, -0.2) is 34.6 Å². The Morgan fingerprint density at radius 1 is 1.33 bits per heavy atom. The summed E-state index contributed by atoms with van der Waals surface area (Å²) in [5.74, 6) is 2.16. The molecular weight excluding hydrogens is 246 g/mol. The van der Waals surface area contributed by atoms with E-state index in [9.17, 15) is 0 Å². The Balaban J connectivity index is 2.76. The molecule has 5 heteroatoms. The number of thioether (sulfide) groups is 1. The minimum absolute atomic E-state index is 0.270. The molecule has 1 aromatic heterocycles. The molecule has 0 aliphatic carbocycles. The van der Waals surface area contributed by atoms with Gasteiger partial charge >= 0.3 is 0 Å². The van der Waals surface area contributed by atoms with Gasteiger partial charge in [-0.1, -0.05) is 13.8 Å². The van der Waals surface area contributed by atoms with E-state index in [4.69, 9.17) is 4.74 Å². The number of nitrogens with one attached hydrogen (secondary N) is 1. The molecular formula is C13H23N3OS. The van der Waals surface area contributed by atoms with Gasteiger partial charge < -0.3 is 10.1 Å². The van der Waals surface area contributed by atoms with Gasteiger partial charge in [-0.2, -0.15) is 16.7 Å². The van der Waals surface area contributed by atoms with Crippen molar-refractivity contribution in [1.29, 1.82) is 0 Å². The van der Waals surface area contributed by atoms with Crippen molar-refractivity contribution in [2.45, 2.75) is 38.4 Å². The Bertz CT molecular complexity index is 372. The normalized spacial score (nSPS) is 11.4. The number of ether oxygens (including phenoxy) is 1. The third kappa shape index (κ3) is 3.77. The van der Waals surface area contributed by atoms with E-state index in [1.54, 1.807) is 7.11 Å². The molecule has 1 rings (SSSR count). The second-order valence-corrected chi connectivity index (χ2v) is 5.56.